The zero-order chi connectivity index (χ0) is 36.5. The first-order valence-corrected chi connectivity index (χ1v) is 18.9. The first-order chi connectivity index (χ1) is 24.1. The molecule has 4 N–H and O–H groups in total. The summed E-state index contributed by atoms with van der Waals surface area (Å²) in [7, 11) is -4.88. The van der Waals surface area contributed by atoms with Crippen molar-refractivity contribution < 1.29 is 57.0 Å². The molecule has 0 radical (unpaired) electrons. The quantitative estimate of drug-likeness (QED) is 0.0513. The van der Waals surface area contributed by atoms with Crippen molar-refractivity contribution in [2.45, 2.75) is 77.2 Å². The molecule has 1 aromatic carbocycles. The van der Waals surface area contributed by atoms with E-state index >= 15 is 0 Å². The Hall–Kier alpha value is -3.01. The zero-order valence-electron chi connectivity index (χ0n) is 29.1. The molecule has 15 nitrogen and oxygen atoms in total. The minimum atomic E-state index is -4.88. The maximum Gasteiger partial charge on any atom is 0.469 e. The minimum Gasteiger partial charge on any atom is -0.379 e. The van der Waals surface area contributed by atoms with Gasteiger partial charge in [-0.2, -0.15) is 0 Å². The predicted octanol–water partition coefficient (Wildman–Crippen LogP) is 3.28. The van der Waals surface area contributed by atoms with Crippen LogP contribution in [0.5, 0.6) is 0 Å². The number of amides is 4. The topological polar surface area (TPSA) is 199 Å². The molecule has 0 unspecified atom stereocenters. The largest absolute Gasteiger partial charge is 0.469 e. The monoisotopic (exact) mass is 727 g/mol. The highest BCUT2D eigenvalue weighted by Crippen LogP contribution is 2.35. The molecule has 1 heterocycles. The number of aryl methyl sites for hydroxylation is 1. The van der Waals surface area contributed by atoms with Crippen LogP contribution < -0.4 is 10.6 Å². The van der Waals surface area contributed by atoms with E-state index in [0.717, 1.165) is 23.3 Å². The van der Waals surface area contributed by atoms with Crippen molar-refractivity contribution in [3.63, 3.8) is 0 Å². The third kappa shape index (κ3) is 20.6. The van der Waals surface area contributed by atoms with E-state index in [4.69, 9.17) is 28.7 Å². The van der Waals surface area contributed by atoms with Crippen molar-refractivity contribution in [3.05, 3.63) is 42.0 Å². The summed E-state index contributed by atoms with van der Waals surface area (Å²) >= 11 is 0. The Morgan fingerprint density at radius 2 is 1.28 bits per heavy atom. The second kappa shape index (κ2) is 25.9. The highest BCUT2D eigenvalue weighted by atomic mass is 31.2. The molecule has 1 aromatic rings. The third-order valence-corrected chi connectivity index (χ3v) is 8.04. The molecule has 0 bridgehead atoms. The van der Waals surface area contributed by atoms with Crippen LogP contribution in [0.3, 0.4) is 0 Å². The number of nitrogens with one attached hydrogen (secondary N) is 2. The zero-order valence-corrected chi connectivity index (χ0v) is 29.9. The van der Waals surface area contributed by atoms with E-state index in [2.05, 4.69) is 22.1 Å². The van der Waals surface area contributed by atoms with E-state index in [1.165, 1.54) is 57.1 Å². The fraction of sp³-hybridized carbons (Fsp3) is 0.647. The molecule has 0 aromatic heterocycles. The highest BCUT2D eigenvalue weighted by molar-refractivity contribution is 7.46. The molecule has 4 amide bonds. The lowest BCUT2D eigenvalue weighted by atomic mass is 10.0. The molecule has 16 heteroatoms. The van der Waals surface area contributed by atoms with Gasteiger partial charge in [-0.15, -0.1) is 0 Å². The predicted molar refractivity (Wildman–Crippen MR) is 185 cm³/mol. The molecule has 50 heavy (non-hydrogen) atoms. The van der Waals surface area contributed by atoms with Gasteiger partial charge in [-0.05, 0) is 30.5 Å². The van der Waals surface area contributed by atoms with Crippen LogP contribution >= 0.6 is 7.82 Å². The fourth-order valence-electron chi connectivity index (χ4n) is 4.80. The highest BCUT2D eigenvalue weighted by Gasteiger charge is 2.26. The molecular formula is C34H54N3O12P. The molecule has 0 fully saturated rings. The van der Waals surface area contributed by atoms with Crippen LogP contribution in [0.25, 0.3) is 0 Å². The number of carbonyl (C=O) groups is 4. The lowest BCUT2D eigenvalue weighted by Crippen LogP contribution is -2.46. The van der Waals surface area contributed by atoms with Gasteiger partial charge in [-0.1, -0.05) is 64.0 Å². The van der Waals surface area contributed by atoms with Gasteiger partial charge < -0.3 is 39.4 Å². The number of ether oxygens (including phenoxy) is 4. The maximum absolute atomic E-state index is 12.9. The molecule has 0 saturated carbocycles. The van der Waals surface area contributed by atoms with Crippen LogP contribution in [0, 0.1) is 0 Å². The van der Waals surface area contributed by atoms with Crippen molar-refractivity contribution >= 4 is 37.1 Å². The summed E-state index contributed by atoms with van der Waals surface area (Å²) in [5.74, 6) is -1.94. The number of phosphoric acid groups is 1. The van der Waals surface area contributed by atoms with Crippen molar-refractivity contribution in [1.29, 1.82) is 0 Å². The summed E-state index contributed by atoms with van der Waals surface area (Å²) in [6, 6.07) is 6.00. The Kier molecular flexibility index (Phi) is 22.3. The van der Waals surface area contributed by atoms with Crippen LogP contribution in [0.1, 0.15) is 70.3 Å². The number of hydrogen-bond acceptors (Lipinski definition) is 10. The van der Waals surface area contributed by atoms with Crippen LogP contribution in [-0.2, 0) is 53.6 Å². The number of unbranched alkanes of at least 4 members (excludes halogenated alkanes) is 7. The van der Waals surface area contributed by atoms with Gasteiger partial charge in [-0.25, -0.2) is 4.57 Å². The van der Waals surface area contributed by atoms with Crippen LogP contribution in [0.4, 0.5) is 5.69 Å². The number of benzene rings is 1. The Bertz CT molecular complexity index is 1210. The summed E-state index contributed by atoms with van der Waals surface area (Å²) in [5.41, 5.74) is 1.63. The molecule has 2 rings (SSSR count). The van der Waals surface area contributed by atoms with Crippen molar-refractivity contribution in [2.24, 2.45) is 0 Å². The normalized spacial score (nSPS) is 13.6. The number of hydrogen-bond donors (Lipinski definition) is 4. The van der Waals surface area contributed by atoms with Crippen molar-refractivity contribution in [1.82, 2.24) is 10.2 Å². The Morgan fingerprint density at radius 3 is 1.84 bits per heavy atom. The molecule has 1 aliphatic rings. The second-order valence-electron chi connectivity index (χ2n) is 11.7. The summed E-state index contributed by atoms with van der Waals surface area (Å²) < 4.78 is 37.3. The van der Waals surface area contributed by atoms with Gasteiger partial charge >= 0.3 is 7.82 Å². The third-order valence-electron chi connectivity index (χ3n) is 7.55. The smallest absolute Gasteiger partial charge is 0.379 e. The van der Waals surface area contributed by atoms with E-state index in [0.29, 0.717) is 32.1 Å². The van der Waals surface area contributed by atoms with Gasteiger partial charge in [0.2, 0.25) is 11.8 Å². The first-order valence-electron chi connectivity index (χ1n) is 17.3. The maximum atomic E-state index is 12.9. The average molecular weight is 728 g/mol. The SMILES string of the molecule is CCCCCCCCCCc1ccc(NC(=O)[C@@H](COP(=O)(O)O)NC(=O)CCOCCOCCOCCOCCN2C(=O)C=CC2=O)cc1. The van der Waals surface area contributed by atoms with E-state index in [9.17, 15) is 23.7 Å². The lowest BCUT2D eigenvalue weighted by molar-refractivity contribution is -0.137. The van der Waals surface area contributed by atoms with Gasteiger partial charge in [0, 0.05) is 24.3 Å². The molecule has 1 aliphatic heterocycles. The summed E-state index contributed by atoms with van der Waals surface area (Å²) in [6.45, 7) is 3.64. The molecular weight excluding hydrogens is 673 g/mol. The summed E-state index contributed by atoms with van der Waals surface area (Å²) in [5, 5.41) is 5.11. The second-order valence-corrected chi connectivity index (χ2v) is 12.9. The van der Waals surface area contributed by atoms with Gasteiger partial charge in [0.25, 0.3) is 11.8 Å². The summed E-state index contributed by atoms with van der Waals surface area (Å²) in [6.07, 6.45) is 13.2. The van der Waals surface area contributed by atoms with E-state index in [1.807, 2.05) is 12.1 Å². The van der Waals surface area contributed by atoms with Gasteiger partial charge in [0.1, 0.15) is 6.04 Å². The van der Waals surface area contributed by atoms with Gasteiger partial charge in [0.15, 0.2) is 0 Å². The van der Waals surface area contributed by atoms with Gasteiger partial charge in [0.05, 0.1) is 66.0 Å². The Labute approximate surface area is 294 Å². The standard InChI is InChI=1S/C34H54N3O12P/c1-2-3-4-5-6-7-8-9-10-28-11-13-29(14-12-28)35-34(41)30(27-49-50(42,43)44)36-31(38)17-19-45-21-23-47-25-26-48-24-22-46-20-18-37-32(39)15-16-33(37)40/h11-16,30H,2-10,17-27H2,1H3,(H,35,41)(H,36,38)(H2,42,43,44)/t30-/m1/s1. The van der Waals surface area contributed by atoms with E-state index in [-0.39, 0.29) is 51.2 Å². The summed E-state index contributed by atoms with van der Waals surface area (Å²) in [4.78, 5) is 67.6. The Morgan fingerprint density at radius 1 is 0.760 bits per heavy atom. The minimum absolute atomic E-state index is 0.0295. The first kappa shape index (κ1) is 43.2. The van der Waals surface area contributed by atoms with Crippen LogP contribution in [-0.4, -0.2) is 110 Å². The molecule has 0 saturated heterocycles. The van der Waals surface area contributed by atoms with E-state index in [1.54, 1.807) is 12.1 Å². The number of carbonyl (C=O) groups excluding carboxylic acids is 4. The number of anilines is 1. The van der Waals surface area contributed by atoms with Crippen molar-refractivity contribution in [3.8, 4) is 0 Å². The fourth-order valence-corrected chi connectivity index (χ4v) is 5.15. The van der Waals surface area contributed by atoms with Crippen LogP contribution in [0.2, 0.25) is 0 Å². The Balaban J connectivity index is 1.56. The number of phosphoric ester groups is 1. The number of imide groups is 1. The van der Waals surface area contributed by atoms with Crippen molar-refractivity contribution in [2.75, 3.05) is 71.3 Å². The van der Waals surface area contributed by atoms with E-state index < -0.39 is 32.3 Å². The van der Waals surface area contributed by atoms with Gasteiger partial charge in [-0.3, -0.25) is 28.6 Å². The molecule has 0 spiro atoms. The average Bonchev–Trinajstić information content (AvgIpc) is 3.40. The lowest BCUT2D eigenvalue weighted by Gasteiger charge is -2.19. The number of nitrogens with zero attached hydrogens (tertiary/aromatic N) is 1. The molecule has 282 valence electrons. The molecule has 0 aliphatic carbocycles. The molecule has 1 atom stereocenters. The van der Waals surface area contributed by atoms with Crippen LogP contribution in [0.15, 0.2) is 36.4 Å². The number of rotatable bonds is 30.